The molecule has 3 aromatic rings. The topological polar surface area (TPSA) is 102 Å². The maximum absolute atomic E-state index is 13.0. The second kappa shape index (κ2) is 8.35. The Kier molecular flexibility index (Phi) is 5.44. The molecule has 31 heavy (non-hydrogen) atoms. The van der Waals surface area contributed by atoms with Gasteiger partial charge in [-0.25, -0.2) is 0 Å². The Labute approximate surface area is 178 Å². The van der Waals surface area contributed by atoms with E-state index in [0.29, 0.717) is 22.8 Å². The third-order valence-electron chi connectivity index (χ3n) is 5.09. The molecule has 1 aliphatic rings. The zero-order chi connectivity index (χ0) is 22.0. The first-order valence-corrected chi connectivity index (χ1v) is 9.48. The van der Waals surface area contributed by atoms with Crippen LogP contribution in [0, 0.1) is 0 Å². The van der Waals surface area contributed by atoms with Crippen molar-refractivity contribution in [2.75, 3.05) is 14.2 Å². The van der Waals surface area contributed by atoms with Gasteiger partial charge in [-0.15, -0.1) is 0 Å². The Morgan fingerprint density at radius 1 is 1.13 bits per heavy atom. The summed E-state index contributed by atoms with van der Waals surface area (Å²) in [7, 11) is 2.97. The van der Waals surface area contributed by atoms with E-state index in [4.69, 9.17) is 13.9 Å². The second-order valence-corrected chi connectivity index (χ2v) is 6.87. The summed E-state index contributed by atoms with van der Waals surface area (Å²) < 4.78 is 16.0. The number of carbonyl (C=O) groups is 2. The van der Waals surface area contributed by atoms with E-state index in [1.807, 2.05) is 0 Å². The van der Waals surface area contributed by atoms with Crippen LogP contribution in [0.2, 0.25) is 0 Å². The van der Waals surface area contributed by atoms with Gasteiger partial charge in [0, 0.05) is 24.5 Å². The number of ether oxygens (including phenoxy) is 2. The predicted molar refractivity (Wildman–Crippen MR) is 110 cm³/mol. The molecule has 0 radical (unpaired) electrons. The predicted octanol–water partition coefficient (Wildman–Crippen LogP) is 3.31. The number of hydrogen-bond donors (Lipinski definition) is 1. The van der Waals surface area contributed by atoms with Crippen LogP contribution >= 0.6 is 0 Å². The van der Waals surface area contributed by atoms with Crippen LogP contribution in [-0.2, 0) is 16.1 Å². The third-order valence-corrected chi connectivity index (χ3v) is 5.09. The van der Waals surface area contributed by atoms with E-state index in [1.54, 1.807) is 54.9 Å². The van der Waals surface area contributed by atoms with Gasteiger partial charge in [0.2, 0.25) is 0 Å². The van der Waals surface area contributed by atoms with Gasteiger partial charge in [0.05, 0.1) is 26.1 Å². The first-order chi connectivity index (χ1) is 15.0. The van der Waals surface area contributed by atoms with E-state index in [9.17, 15) is 14.7 Å². The maximum atomic E-state index is 13.0. The largest absolute Gasteiger partial charge is 0.507 e. The summed E-state index contributed by atoms with van der Waals surface area (Å²) >= 11 is 0. The number of pyridine rings is 1. The highest BCUT2D eigenvalue weighted by Gasteiger charge is 2.47. The number of benzene rings is 1. The molecular weight excluding hydrogens is 400 g/mol. The molecule has 8 nitrogen and oxygen atoms in total. The third kappa shape index (κ3) is 3.63. The van der Waals surface area contributed by atoms with E-state index >= 15 is 0 Å². The summed E-state index contributed by atoms with van der Waals surface area (Å²) in [6, 6.07) is 10.7. The fraction of sp³-hybridized carbons (Fsp3) is 0.174. The fourth-order valence-electron chi connectivity index (χ4n) is 3.61. The van der Waals surface area contributed by atoms with Crippen molar-refractivity contribution in [2.45, 2.75) is 12.6 Å². The van der Waals surface area contributed by atoms with Crippen LogP contribution in [0.25, 0.3) is 5.76 Å². The molecule has 158 valence electrons. The van der Waals surface area contributed by atoms with Crippen LogP contribution in [0.5, 0.6) is 11.5 Å². The van der Waals surface area contributed by atoms with Gasteiger partial charge in [-0.05, 0) is 42.0 Å². The standard InChI is InChI=1S/C23H20N2O6/c1-29-16-8-7-15(11-18(16)30-2)21(26)19-20(17-6-4-10-31-17)25(23(28)22(19)27)13-14-5-3-9-24-12-14/h3-12,20,26H,13H2,1-2H3/b21-19+/t20-/m0/s1. The Morgan fingerprint density at radius 2 is 1.94 bits per heavy atom. The molecule has 1 aliphatic heterocycles. The number of Topliss-reactive ketones (excluding diaryl/α,β-unsaturated/α-hetero) is 1. The number of amides is 1. The molecule has 1 amide bonds. The number of ketones is 1. The minimum atomic E-state index is -0.886. The number of methoxy groups -OCH3 is 2. The molecule has 0 unspecified atom stereocenters. The molecule has 2 aromatic heterocycles. The first kappa shape index (κ1) is 20.2. The van der Waals surface area contributed by atoms with Gasteiger partial charge >= 0.3 is 0 Å². The molecule has 0 bridgehead atoms. The van der Waals surface area contributed by atoms with Gasteiger partial charge in [-0.3, -0.25) is 14.6 Å². The Bertz CT molecular complexity index is 1140. The molecule has 3 heterocycles. The number of furan rings is 1. The van der Waals surface area contributed by atoms with Gasteiger partial charge in [0.15, 0.2) is 11.5 Å². The van der Waals surface area contributed by atoms with Gasteiger partial charge in [0.1, 0.15) is 17.6 Å². The number of aliphatic hydroxyl groups is 1. The van der Waals surface area contributed by atoms with Gasteiger partial charge in [-0.2, -0.15) is 0 Å². The average molecular weight is 420 g/mol. The van der Waals surface area contributed by atoms with E-state index in [1.165, 1.54) is 25.4 Å². The van der Waals surface area contributed by atoms with Crippen LogP contribution in [-0.4, -0.2) is 40.9 Å². The summed E-state index contributed by atoms with van der Waals surface area (Å²) in [5.41, 5.74) is 0.997. The van der Waals surface area contributed by atoms with Gasteiger partial charge in [-0.1, -0.05) is 6.07 Å². The van der Waals surface area contributed by atoms with E-state index in [2.05, 4.69) is 4.98 Å². The van der Waals surface area contributed by atoms with Crippen LogP contribution in [0.3, 0.4) is 0 Å². The fourth-order valence-corrected chi connectivity index (χ4v) is 3.61. The number of hydrogen-bond acceptors (Lipinski definition) is 7. The highest BCUT2D eigenvalue weighted by Crippen LogP contribution is 2.41. The van der Waals surface area contributed by atoms with Crippen molar-refractivity contribution in [3.05, 3.63) is 83.6 Å². The molecule has 0 spiro atoms. The number of likely N-dealkylation sites (tertiary alicyclic amines) is 1. The zero-order valence-electron chi connectivity index (χ0n) is 16.9. The summed E-state index contributed by atoms with van der Waals surface area (Å²) in [6.07, 6.45) is 4.70. The van der Waals surface area contributed by atoms with Crippen molar-refractivity contribution in [1.82, 2.24) is 9.88 Å². The molecule has 1 saturated heterocycles. The van der Waals surface area contributed by atoms with Crippen LogP contribution < -0.4 is 9.47 Å². The molecule has 1 fully saturated rings. The van der Waals surface area contributed by atoms with Crippen LogP contribution in [0.15, 0.2) is 71.1 Å². The lowest BCUT2D eigenvalue weighted by molar-refractivity contribution is -0.140. The SMILES string of the molecule is COc1ccc(/C(O)=C2\C(=O)C(=O)N(Cc3cccnc3)[C@H]2c2ccco2)cc1OC. The van der Waals surface area contributed by atoms with Crippen molar-refractivity contribution >= 4 is 17.4 Å². The summed E-state index contributed by atoms with van der Waals surface area (Å²) in [6.45, 7) is 0.131. The Hall–Kier alpha value is -4.07. The number of aliphatic hydroxyl groups excluding tert-OH is 1. The van der Waals surface area contributed by atoms with Crippen molar-refractivity contribution in [1.29, 1.82) is 0 Å². The van der Waals surface area contributed by atoms with Crippen LogP contribution in [0.1, 0.15) is 22.9 Å². The van der Waals surface area contributed by atoms with E-state index in [0.717, 1.165) is 5.56 Å². The smallest absolute Gasteiger partial charge is 0.296 e. The molecule has 0 saturated carbocycles. The molecule has 8 heteroatoms. The Morgan fingerprint density at radius 3 is 2.58 bits per heavy atom. The van der Waals surface area contributed by atoms with Gasteiger partial charge < -0.3 is 23.9 Å². The van der Waals surface area contributed by atoms with Gasteiger partial charge in [0.25, 0.3) is 11.7 Å². The number of rotatable bonds is 6. The second-order valence-electron chi connectivity index (χ2n) is 6.87. The van der Waals surface area contributed by atoms with E-state index < -0.39 is 17.7 Å². The van der Waals surface area contributed by atoms with E-state index in [-0.39, 0.29) is 17.9 Å². The lowest BCUT2D eigenvalue weighted by Gasteiger charge is -2.23. The molecule has 1 aromatic carbocycles. The van der Waals surface area contributed by atoms with Crippen molar-refractivity contribution in [3.63, 3.8) is 0 Å². The lowest BCUT2D eigenvalue weighted by atomic mass is 9.99. The van der Waals surface area contributed by atoms with Crippen molar-refractivity contribution < 1.29 is 28.6 Å². The highest BCUT2D eigenvalue weighted by atomic mass is 16.5. The summed E-state index contributed by atoms with van der Waals surface area (Å²) in [5.74, 6) is -0.631. The molecule has 0 aliphatic carbocycles. The molecule has 1 N–H and O–H groups in total. The zero-order valence-corrected chi connectivity index (χ0v) is 16.9. The molecule has 1 atom stereocenters. The minimum Gasteiger partial charge on any atom is -0.507 e. The number of carbonyl (C=O) groups excluding carboxylic acids is 2. The number of aromatic nitrogens is 1. The average Bonchev–Trinajstić information content (AvgIpc) is 3.41. The Balaban J connectivity index is 1.83. The molecular formula is C23H20N2O6. The minimum absolute atomic E-state index is 0.0592. The summed E-state index contributed by atoms with van der Waals surface area (Å²) in [5, 5.41) is 11.1. The monoisotopic (exact) mass is 420 g/mol. The first-order valence-electron chi connectivity index (χ1n) is 9.48. The maximum Gasteiger partial charge on any atom is 0.296 e. The quantitative estimate of drug-likeness (QED) is 0.371. The lowest BCUT2D eigenvalue weighted by Crippen LogP contribution is -2.29. The van der Waals surface area contributed by atoms with Crippen molar-refractivity contribution in [2.24, 2.45) is 0 Å². The number of nitrogens with zero attached hydrogens (tertiary/aromatic N) is 2. The van der Waals surface area contributed by atoms with Crippen LogP contribution in [0.4, 0.5) is 0 Å². The highest BCUT2D eigenvalue weighted by molar-refractivity contribution is 6.46. The summed E-state index contributed by atoms with van der Waals surface area (Å²) in [4.78, 5) is 31.3. The molecule has 4 rings (SSSR count). The normalized spacial score (nSPS) is 17.7. The van der Waals surface area contributed by atoms with Crippen molar-refractivity contribution in [3.8, 4) is 11.5 Å².